The quantitative estimate of drug-likeness (QED) is 0.670. The van der Waals surface area contributed by atoms with Crippen molar-refractivity contribution in [3.05, 3.63) is 65.7 Å². The van der Waals surface area contributed by atoms with Gasteiger partial charge in [0, 0.05) is 18.8 Å². The first-order valence-electron chi connectivity index (χ1n) is 8.37. The van der Waals surface area contributed by atoms with Crippen LogP contribution in [0.5, 0.6) is 0 Å². The second kappa shape index (κ2) is 9.80. The van der Waals surface area contributed by atoms with Gasteiger partial charge in [0.1, 0.15) is 0 Å². The van der Waals surface area contributed by atoms with Crippen LogP contribution in [0.4, 0.5) is 5.69 Å². The third-order valence-electron chi connectivity index (χ3n) is 3.95. The smallest absolute Gasteiger partial charge is 0.211 e. The van der Waals surface area contributed by atoms with Gasteiger partial charge in [0.2, 0.25) is 6.41 Å². The number of unbranched alkanes of at least 4 members (excludes halogenated alkanes) is 1. The molecule has 0 saturated heterocycles. The summed E-state index contributed by atoms with van der Waals surface area (Å²) in [7, 11) is 0. The molecule has 0 aliphatic heterocycles. The van der Waals surface area contributed by atoms with E-state index in [9.17, 15) is 4.79 Å². The van der Waals surface area contributed by atoms with Gasteiger partial charge < -0.3 is 5.32 Å². The van der Waals surface area contributed by atoms with Crippen molar-refractivity contribution < 1.29 is 4.79 Å². The van der Waals surface area contributed by atoms with Gasteiger partial charge >= 0.3 is 0 Å². The molecule has 0 radical (unpaired) electrons. The number of nitrogens with zero attached hydrogens (tertiary/aromatic N) is 1. The van der Waals surface area contributed by atoms with Crippen molar-refractivity contribution in [1.29, 1.82) is 0 Å². The fraction of sp³-hybridized carbons (Fsp3) is 0.350. The number of carbonyl (C=O) groups is 1. The molecule has 0 fully saturated rings. The van der Waals surface area contributed by atoms with Gasteiger partial charge in [-0.05, 0) is 42.6 Å². The highest BCUT2D eigenvalue weighted by Gasteiger charge is 2.06. The average Bonchev–Trinajstić information content (AvgIpc) is 2.59. The Morgan fingerprint density at radius 3 is 2.52 bits per heavy atom. The molecule has 0 heterocycles. The first kappa shape index (κ1) is 17.2. The fourth-order valence-electron chi connectivity index (χ4n) is 2.67. The van der Waals surface area contributed by atoms with Gasteiger partial charge in [-0.25, -0.2) is 0 Å². The minimum Gasteiger partial charge on any atom is -0.329 e. The molecule has 1 amide bonds. The third-order valence-corrected chi connectivity index (χ3v) is 3.95. The van der Waals surface area contributed by atoms with Crippen molar-refractivity contribution in [2.75, 3.05) is 18.4 Å². The Labute approximate surface area is 139 Å². The van der Waals surface area contributed by atoms with Crippen molar-refractivity contribution in [2.24, 2.45) is 0 Å². The van der Waals surface area contributed by atoms with Crippen LogP contribution in [-0.2, 0) is 17.8 Å². The molecule has 122 valence electrons. The highest BCUT2D eigenvalue weighted by molar-refractivity contribution is 5.71. The molecule has 3 heteroatoms. The molecule has 0 aliphatic carbocycles. The van der Waals surface area contributed by atoms with Gasteiger partial charge in [0.25, 0.3) is 0 Å². The van der Waals surface area contributed by atoms with Crippen molar-refractivity contribution in [3.8, 4) is 0 Å². The molecular formula is C20H26N2O. The molecule has 3 nitrogen and oxygen atoms in total. The standard InChI is InChI=1S/C20H26N2O/c1-2-3-13-22(16-19-8-5-4-6-9-19)14-12-18-10-7-11-20(15-18)21-17-23/h4-11,15,17H,2-3,12-14,16H2,1H3,(H,21,23). The average molecular weight is 310 g/mol. The molecule has 0 unspecified atom stereocenters. The Bertz CT molecular complexity index is 583. The second-order valence-corrected chi connectivity index (χ2v) is 5.83. The zero-order chi connectivity index (χ0) is 16.3. The van der Waals surface area contributed by atoms with Gasteiger partial charge in [0.15, 0.2) is 0 Å². The summed E-state index contributed by atoms with van der Waals surface area (Å²) in [5.74, 6) is 0. The van der Waals surface area contributed by atoms with Crippen LogP contribution in [0, 0.1) is 0 Å². The van der Waals surface area contributed by atoms with Gasteiger partial charge in [-0.2, -0.15) is 0 Å². The molecule has 2 rings (SSSR count). The number of hydrogen-bond donors (Lipinski definition) is 1. The highest BCUT2D eigenvalue weighted by Crippen LogP contribution is 2.12. The molecule has 0 atom stereocenters. The SMILES string of the molecule is CCCCN(CCc1cccc(NC=O)c1)Cc1ccccc1. The third kappa shape index (κ3) is 6.25. The maximum absolute atomic E-state index is 10.6. The van der Waals surface area contributed by atoms with E-state index in [2.05, 4.69) is 59.6 Å². The maximum Gasteiger partial charge on any atom is 0.211 e. The van der Waals surface area contributed by atoms with E-state index in [4.69, 9.17) is 0 Å². The summed E-state index contributed by atoms with van der Waals surface area (Å²) in [6.45, 7) is 5.37. The highest BCUT2D eigenvalue weighted by atomic mass is 16.1. The number of hydrogen-bond acceptors (Lipinski definition) is 2. The molecule has 0 aliphatic rings. The Morgan fingerprint density at radius 1 is 1.00 bits per heavy atom. The minimum absolute atomic E-state index is 0.724. The molecule has 1 N–H and O–H groups in total. The Balaban J connectivity index is 1.94. The summed E-state index contributed by atoms with van der Waals surface area (Å²) in [5, 5.41) is 2.72. The van der Waals surface area contributed by atoms with Crippen LogP contribution in [0.2, 0.25) is 0 Å². The summed E-state index contributed by atoms with van der Waals surface area (Å²) in [6.07, 6.45) is 4.15. The van der Waals surface area contributed by atoms with E-state index in [0.717, 1.165) is 38.2 Å². The molecule has 0 spiro atoms. The van der Waals surface area contributed by atoms with Gasteiger partial charge in [-0.3, -0.25) is 9.69 Å². The predicted octanol–water partition coefficient (Wildman–Crippen LogP) is 4.10. The summed E-state index contributed by atoms with van der Waals surface area (Å²) in [4.78, 5) is 13.1. The Hall–Kier alpha value is -2.13. The van der Waals surface area contributed by atoms with Crippen molar-refractivity contribution in [1.82, 2.24) is 4.90 Å². The van der Waals surface area contributed by atoms with Crippen molar-refractivity contribution in [3.63, 3.8) is 0 Å². The zero-order valence-corrected chi connectivity index (χ0v) is 13.9. The number of nitrogens with one attached hydrogen (secondary N) is 1. The molecule has 2 aromatic carbocycles. The topological polar surface area (TPSA) is 32.3 Å². The van der Waals surface area contributed by atoms with Crippen LogP contribution in [0.1, 0.15) is 30.9 Å². The summed E-state index contributed by atoms with van der Waals surface area (Å²) in [5.41, 5.74) is 3.48. The number of amides is 1. The van der Waals surface area contributed by atoms with E-state index in [-0.39, 0.29) is 0 Å². The minimum atomic E-state index is 0.724. The monoisotopic (exact) mass is 310 g/mol. The largest absolute Gasteiger partial charge is 0.329 e. The first-order chi connectivity index (χ1) is 11.3. The van der Waals surface area contributed by atoms with Gasteiger partial charge in [-0.1, -0.05) is 55.8 Å². The lowest BCUT2D eigenvalue weighted by Crippen LogP contribution is -2.26. The fourth-order valence-corrected chi connectivity index (χ4v) is 2.67. The van der Waals surface area contributed by atoms with Crippen LogP contribution < -0.4 is 5.32 Å². The van der Waals surface area contributed by atoms with Gasteiger partial charge in [0.05, 0.1) is 0 Å². The number of rotatable bonds is 10. The molecule has 0 aromatic heterocycles. The Kier molecular flexibility index (Phi) is 7.34. The normalized spacial score (nSPS) is 10.7. The van der Waals surface area contributed by atoms with E-state index in [1.54, 1.807) is 0 Å². The Morgan fingerprint density at radius 2 is 1.78 bits per heavy atom. The van der Waals surface area contributed by atoms with E-state index >= 15 is 0 Å². The van der Waals surface area contributed by atoms with Crippen LogP contribution >= 0.6 is 0 Å². The van der Waals surface area contributed by atoms with E-state index < -0.39 is 0 Å². The van der Waals surface area contributed by atoms with E-state index in [1.165, 1.54) is 24.0 Å². The number of benzene rings is 2. The van der Waals surface area contributed by atoms with Crippen LogP contribution in [0.15, 0.2) is 54.6 Å². The lowest BCUT2D eigenvalue weighted by molar-refractivity contribution is -0.105. The summed E-state index contributed by atoms with van der Waals surface area (Å²) in [6, 6.07) is 18.7. The second-order valence-electron chi connectivity index (χ2n) is 5.83. The van der Waals surface area contributed by atoms with Crippen LogP contribution in [0.25, 0.3) is 0 Å². The molecule has 2 aromatic rings. The van der Waals surface area contributed by atoms with E-state index in [1.807, 2.05) is 12.1 Å². The summed E-state index contributed by atoms with van der Waals surface area (Å²) < 4.78 is 0. The molecule has 0 saturated carbocycles. The van der Waals surface area contributed by atoms with Crippen molar-refractivity contribution >= 4 is 12.1 Å². The zero-order valence-electron chi connectivity index (χ0n) is 13.9. The number of anilines is 1. The lowest BCUT2D eigenvalue weighted by Gasteiger charge is -2.22. The molecular weight excluding hydrogens is 284 g/mol. The van der Waals surface area contributed by atoms with Gasteiger partial charge in [-0.15, -0.1) is 0 Å². The lowest BCUT2D eigenvalue weighted by atomic mass is 10.1. The first-order valence-corrected chi connectivity index (χ1v) is 8.37. The molecule has 23 heavy (non-hydrogen) atoms. The summed E-state index contributed by atoms with van der Waals surface area (Å²) >= 11 is 0. The van der Waals surface area contributed by atoms with Crippen molar-refractivity contribution in [2.45, 2.75) is 32.7 Å². The van der Waals surface area contributed by atoms with E-state index in [0.29, 0.717) is 0 Å². The van der Waals surface area contributed by atoms with Crippen LogP contribution in [0.3, 0.4) is 0 Å². The van der Waals surface area contributed by atoms with Crippen LogP contribution in [-0.4, -0.2) is 24.4 Å². The number of carbonyl (C=O) groups excluding carboxylic acids is 1. The predicted molar refractivity (Wildman–Crippen MR) is 96.5 cm³/mol. The maximum atomic E-state index is 10.6. The molecule has 0 bridgehead atoms.